The van der Waals surface area contributed by atoms with Gasteiger partial charge in [-0.15, -0.1) is 0 Å². The molecule has 1 aromatic heterocycles. The van der Waals surface area contributed by atoms with Crippen LogP contribution in [0, 0.1) is 0 Å². The molecule has 2 aromatic rings. The van der Waals surface area contributed by atoms with Crippen molar-refractivity contribution in [1.29, 1.82) is 0 Å². The summed E-state index contributed by atoms with van der Waals surface area (Å²) in [6, 6.07) is 6.62. The first-order valence-electron chi connectivity index (χ1n) is 6.58. The van der Waals surface area contributed by atoms with E-state index in [2.05, 4.69) is 10.4 Å². The minimum absolute atomic E-state index is 0.462. The zero-order valence-electron chi connectivity index (χ0n) is 11.0. The number of alkyl halides is 3. The van der Waals surface area contributed by atoms with Gasteiger partial charge in [0.25, 0.3) is 0 Å². The number of aromatic nitrogens is 2. The first kappa shape index (κ1) is 14.4. The van der Waals surface area contributed by atoms with E-state index in [1.807, 2.05) is 6.07 Å². The molecule has 1 fully saturated rings. The van der Waals surface area contributed by atoms with E-state index in [4.69, 9.17) is 11.6 Å². The molecule has 3 rings (SSSR count). The molecule has 0 amide bonds. The van der Waals surface area contributed by atoms with Gasteiger partial charge in [0, 0.05) is 23.8 Å². The lowest BCUT2D eigenvalue weighted by Gasteiger charge is -2.11. The van der Waals surface area contributed by atoms with Crippen LogP contribution < -0.4 is 5.32 Å². The molecule has 0 radical (unpaired) electrons. The standard InChI is InChI=1S/C14H13ClF3N3/c15-10-2-1-9(8-19-11-3-4-11)12(7-10)21-6-5-13(20-21)14(16,17)18/h1-2,5-7,11,19H,3-4,8H2. The smallest absolute Gasteiger partial charge is 0.310 e. The van der Waals surface area contributed by atoms with Crippen LogP contribution in [0.4, 0.5) is 13.2 Å². The second kappa shape index (κ2) is 5.35. The Labute approximate surface area is 124 Å². The second-order valence-electron chi connectivity index (χ2n) is 5.07. The summed E-state index contributed by atoms with van der Waals surface area (Å²) in [5, 5.41) is 7.40. The van der Waals surface area contributed by atoms with E-state index in [0.29, 0.717) is 23.3 Å². The molecule has 7 heteroatoms. The lowest BCUT2D eigenvalue weighted by atomic mass is 10.1. The molecule has 1 saturated carbocycles. The fourth-order valence-corrected chi connectivity index (χ4v) is 2.22. The van der Waals surface area contributed by atoms with Crippen LogP contribution in [0.2, 0.25) is 5.02 Å². The molecule has 0 aliphatic heterocycles. The highest BCUT2D eigenvalue weighted by atomic mass is 35.5. The van der Waals surface area contributed by atoms with Crippen molar-refractivity contribution in [3.8, 4) is 5.69 Å². The van der Waals surface area contributed by atoms with Crippen LogP contribution in [0.1, 0.15) is 24.1 Å². The van der Waals surface area contributed by atoms with Crippen LogP contribution in [0.3, 0.4) is 0 Å². The Morgan fingerprint density at radius 2 is 2.05 bits per heavy atom. The second-order valence-corrected chi connectivity index (χ2v) is 5.51. The molecule has 0 saturated heterocycles. The van der Waals surface area contributed by atoms with Gasteiger partial charge in [-0.25, -0.2) is 4.68 Å². The minimum Gasteiger partial charge on any atom is -0.310 e. The van der Waals surface area contributed by atoms with Crippen molar-refractivity contribution >= 4 is 11.6 Å². The van der Waals surface area contributed by atoms with Gasteiger partial charge in [-0.3, -0.25) is 0 Å². The van der Waals surface area contributed by atoms with Crippen molar-refractivity contribution in [2.24, 2.45) is 0 Å². The maximum Gasteiger partial charge on any atom is 0.435 e. The summed E-state index contributed by atoms with van der Waals surface area (Å²) >= 11 is 5.95. The molecule has 1 heterocycles. The largest absolute Gasteiger partial charge is 0.435 e. The molecule has 1 aliphatic rings. The van der Waals surface area contributed by atoms with E-state index in [0.717, 1.165) is 24.5 Å². The Hall–Kier alpha value is -1.53. The molecule has 0 bridgehead atoms. The van der Waals surface area contributed by atoms with E-state index < -0.39 is 11.9 Å². The SMILES string of the molecule is FC(F)(F)c1ccn(-c2cc(Cl)ccc2CNC2CC2)n1. The van der Waals surface area contributed by atoms with Crippen LogP contribution in [0.25, 0.3) is 5.69 Å². The van der Waals surface area contributed by atoms with E-state index in [-0.39, 0.29) is 0 Å². The Kier molecular flexibility index (Phi) is 3.67. The lowest BCUT2D eigenvalue weighted by Crippen LogP contribution is -2.17. The molecular formula is C14H13ClF3N3. The number of hydrogen-bond acceptors (Lipinski definition) is 2. The van der Waals surface area contributed by atoms with Gasteiger partial charge < -0.3 is 5.32 Å². The summed E-state index contributed by atoms with van der Waals surface area (Å²) in [6.07, 6.45) is -0.864. The maximum atomic E-state index is 12.6. The molecule has 21 heavy (non-hydrogen) atoms. The topological polar surface area (TPSA) is 29.9 Å². The number of halogens is 4. The van der Waals surface area contributed by atoms with Gasteiger partial charge in [-0.05, 0) is 36.6 Å². The number of nitrogens with one attached hydrogen (secondary N) is 1. The third-order valence-electron chi connectivity index (χ3n) is 3.33. The molecule has 0 atom stereocenters. The van der Waals surface area contributed by atoms with E-state index in [9.17, 15) is 13.2 Å². The maximum absolute atomic E-state index is 12.6. The fourth-order valence-electron chi connectivity index (χ4n) is 2.05. The molecule has 1 aromatic carbocycles. The summed E-state index contributed by atoms with van der Waals surface area (Å²) in [5.41, 5.74) is 0.512. The molecule has 0 spiro atoms. The van der Waals surface area contributed by atoms with Crippen molar-refractivity contribution in [2.45, 2.75) is 31.6 Å². The van der Waals surface area contributed by atoms with E-state index in [1.54, 1.807) is 12.1 Å². The number of rotatable bonds is 4. The quantitative estimate of drug-likeness (QED) is 0.930. The van der Waals surface area contributed by atoms with Crippen LogP contribution in [-0.4, -0.2) is 15.8 Å². The van der Waals surface area contributed by atoms with Gasteiger partial charge in [0.2, 0.25) is 0 Å². The summed E-state index contributed by atoms with van der Waals surface area (Å²) < 4.78 is 39.2. The van der Waals surface area contributed by atoms with Crippen LogP contribution in [0.15, 0.2) is 30.5 Å². The summed E-state index contributed by atoms with van der Waals surface area (Å²) in [4.78, 5) is 0. The molecule has 1 aliphatic carbocycles. The highest BCUT2D eigenvalue weighted by Crippen LogP contribution is 2.29. The van der Waals surface area contributed by atoms with Crippen molar-refractivity contribution in [1.82, 2.24) is 15.1 Å². The van der Waals surface area contributed by atoms with Gasteiger partial charge in [0.1, 0.15) is 0 Å². The minimum atomic E-state index is -4.45. The first-order chi connectivity index (χ1) is 9.93. The third-order valence-corrected chi connectivity index (χ3v) is 3.57. The zero-order chi connectivity index (χ0) is 15.0. The molecular weight excluding hydrogens is 303 g/mol. The van der Waals surface area contributed by atoms with Crippen LogP contribution in [-0.2, 0) is 12.7 Å². The highest BCUT2D eigenvalue weighted by Gasteiger charge is 2.33. The molecule has 0 unspecified atom stereocenters. The summed E-state index contributed by atoms with van der Waals surface area (Å²) in [6.45, 7) is 0.582. The first-order valence-corrected chi connectivity index (χ1v) is 6.96. The number of benzene rings is 1. The Bertz CT molecular complexity index is 647. The summed E-state index contributed by atoms with van der Waals surface area (Å²) in [5.74, 6) is 0. The van der Waals surface area contributed by atoms with E-state index in [1.165, 1.54) is 10.9 Å². The Morgan fingerprint density at radius 1 is 1.29 bits per heavy atom. The molecule has 3 nitrogen and oxygen atoms in total. The normalized spacial score (nSPS) is 15.4. The van der Waals surface area contributed by atoms with Crippen molar-refractivity contribution in [3.63, 3.8) is 0 Å². The van der Waals surface area contributed by atoms with Crippen LogP contribution >= 0.6 is 11.6 Å². The van der Waals surface area contributed by atoms with Gasteiger partial charge >= 0.3 is 6.18 Å². The zero-order valence-corrected chi connectivity index (χ0v) is 11.7. The van der Waals surface area contributed by atoms with Crippen molar-refractivity contribution in [3.05, 3.63) is 46.7 Å². The van der Waals surface area contributed by atoms with Gasteiger partial charge in [0.05, 0.1) is 5.69 Å². The lowest BCUT2D eigenvalue weighted by molar-refractivity contribution is -0.141. The van der Waals surface area contributed by atoms with Gasteiger partial charge in [0.15, 0.2) is 5.69 Å². The monoisotopic (exact) mass is 315 g/mol. The van der Waals surface area contributed by atoms with Crippen molar-refractivity contribution in [2.75, 3.05) is 0 Å². The van der Waals surface area contributed by atoms with Gasteiger partial charge in [-0.1, -0.05) is 17.7 Å². The molecule has 112 valence electrons. The highest BCUT2D eigenvalue weighted by molar-refractivity contribution is 6.30. The summed E-state index contributed by atoms with van der Waals surface area (Å²) in [7, 11) is 0. The molecule has 1 N–H and O–H groups in total. The predicted molar refractivity (Wildman–Crippen MR) is 73.4 cm³/mol. The van der Waals surface area contributed by atoms with Crippen LogP contribution in [0.5, 0.6) is 0 Å². The van der Waals surface area contributed by atoms with Crippen molar-refractivity contribution < 1.29 is 13.2 Å². The number of hydrogen-bond donors (Lipinski definition) is 1. The fraction of sp³-hybridized carbons (Fsp3) is 0.357. The van der Waals surface area contributed by atoms with Gasteiger partial charge in [-0.2, -0.15) is 18.3 Å². The average molecular weight is 316 g/mol. The van der Waals surface area contributed by atoms with E-state index >= 15 is 0 Å². The number of nitrogens with zero attached hydrogens (tertiary/aromatic N) is 2. The Morgan fingerprint density at radius 3 is 2.67 bits per heavy atom. The average Bonchev–Trinajstić information content (AvgIpc) is 3.10. The Balaban J connectivity index is 1.91. The predicted octanol–water partition coefficient (Wildman–Crippen LogP) is 3.80. The third kappa shape index (κ3) is 3.39.